The van der Waals surface area contributed by atoms with Crippen LogP contribution >= 0.6 is 34.8 Å². The predicted octanol–water partition coefficient (Wildman–Crippen LogP) is 6.83. The second kappa shape index (κ2) is 10.4. The highest BCUT2D eigenvalue weighted by Gasteiger charge is 2.26. The molecule has 4 aromatic rings. The van der Waals surface area contributed by atoms with E-state index < -0.39 is 0 Å². The lowest BCUT2D eigenvalue weighted by Gasteiger charge is -2.27. The summed E-state index contributed by atoms with van der Waals surface area (Å²) in [6.07, 6.45) is 6.67. The first-order valence-corrected chi connectivity index (χ1v) is 12.5. The van der Waals surface area contributed by atoms with Crippen LogP contribution < -0.4 is 5.32 Å². The highest BCUT2D eigenvalue weighted by Crippen LogP contribution is 2.32. The molecule has 5 rings (SSSR count). The van der Waals surface area contributed by atoms with Crippen molar-refractivity contribution >= 4 is 57.8 Å². The summed E-state index contributed by atoms with van der Waals surface area (Å²) in [7, 11) is 0. The van der Waals surface area contributed by atoms with Crippen molar-refractivity contribution < 1.29 is 4.79 Å². The second-order valence-corrected chi connectivity index (χ2v) is 9.77. The molecule has 2 aromatic heterocycles. The molecule has 1 amide bonds. The molecule has 1 N–H and O–H groups in total. The average Bonchev–Trinajstić information content (AvgIpc) is 3.16. The molecular weight excluding hydrogens is 503 g/mol. The Labute approximate surface area is 218 Å². The van der Waals surface area contributed by atoms with Crippen LogP contribution in [0.1, 0.15) is 22.4 Å². The van der Waals surface area contributed by atoms with Crippen LogP contribution in [0.5, 0.6) is 0 Å². The lowest BCUT2D eigenvalue weighted by molar-refractivity contribution is 0.240. The standard InChI is InChI=1S/C27H23Cl3N4O/c28-20-5-3-18(4-6-20)2-1-12-33-13-10-24-23(17-33)22-8-7-21(29)15-25(22)34(24)27(35)32-16-19-9-11-31-26(30)14-19/h1-9,11,14-15H,10,12-13,16-17H2,(H,32,35)/b2-1+. The van der Waals surface area contributed by atoms with Crippen molar-refractivity contribution in [1.82, 2.24) is 19.8 Å². The van der Waals surface area contributed by atoms with Crippen LogP contribution in [0.4, 0.5) is 4.79 Å². The van der Waals surface area contributed by atoms with Crippen LogP contribution in [0, 0.1) is 0 Å². The van der Waals surface area contributed by atoms with E-state index in [9.17, 15) is 4.79 Å². The number of carbonyl (C=O) groups excluding carboxylic acids is 1. The molecule has 1 aliphatic heterocycles. The topological polar surface area (TPSA) is 50.2 Å². The van der Waals surface area contributed by atoms with Crippen molar-refractivity contribution in [3.05, 3.63) is 104 Å². The van der Waals surface area contributed by atoms with Gasteiger partial charge in [0.15, 0.2) is 0 Å². The molecule has 178 valence electrons. The monoisotopic (exact) mass is 524 g/mol. The molecule has 0 saturated heterocycles. The summed E-state index contributed by atoms with van der Waals surface area (Å²) in [6.45, 7) is 2.79. The fourth-order valence-corrected chi connectivity index (χ4v) is 4.98. The van der Waals surface area contributed by atoms with Gasteiger partial charge in [0.05, 0.1) is 5.52 Å². The summed E-state index contributed by atoms with van der Waals surface area (Å²) < 4.78 is 1.78. The number of benzene rings is 2. The number of hydrogen-bond acceptors (Lipinski definition) is 3. The van der Waals surface area contributed by atoms with Crippen LogP contribution in [0.25, 0.3) is 17.0 Å². The van der Waals surface area contributed by atoms with Gasteiger partial charge in [-0.2, -0.15) is 0 Å². The fourth-order valence-electron chi connectivity index (χ4n) is 4.50. The molecule has 35 heavy (non-hydrogen) atoms. The quantitative estimate of drug-likeness (QED) is 0.291. The normalized spacial score (nSPS) is 13.9. The lowest BCUT2D eigenvalue weighted by atomic mass is 10.0. The third-order valence-electron chi connectivity index (χ3n) is 6.17. The minimum Gasteiger partial charge on any atom is -0.333 e. The molecule has 0 radical (unpaired) electrons. The van der Waals surface area contributed by atoms with Crippen LogP contribution in [0.3, 0.4) is 0 Å². The first-order chi connectivity index (χ1) is 17.0. The molecule has 5 nitrogen and oxygen atoms in total. The molecule has 2 aromatic carbocycles. The van der Waals surface area contributed by atoms with E-state index in [4.69, 9.17) is 34.8 Å². The second-order valence-electron chi connectivity index (χ2n) is 8.51. The van der Waals surface area contributed by atoms with Crippen molar-refractivity contribution in [1.29, 1.82) is 0 Å². The Bertz CT molecular complexity index is 1410. The van der Waals surface area contributed by atoms with Gasteiger partial charge in [-0.15, -0.1) is 0 Å². The van der Waals surface area contributed by atoms with E-state index in [2.05, 4.69) is 27.4 Å². The molecule has 1 aliphatic rings. The number of pyridine rings is 1. The smallest absolute Gasteiger partial charge is 0.326 e. The Kier molecular flexibility index (Phi) is 7.12. The molecule has 0 fully saturated rings. The predicted molar refractivity (Wildman–Crippen MR) is 143 cm³/mol. The summed E-state index contributed by atoms with van der Waals surface area (Å²) in [5.41, 5.74) is 5.03. The van der Waals surface area contributed by atoms with Gasteiger partial charge in [0.25, 0.3) is 0 Å². The number of aromatic nitrogens is 2. The number of hydrogen-bond donors (Lipinski definition) is 1. The molecule has 0 unspecified atom stereocenters. The van der Waals surface area contributed by atoms with Gasteiger partial charge >= 0.3 is 6.03 Å². The van der Waals surface area contributed by atoms with E-state index in [-0.39, 0.29) is 6.03 Å². The molecular formula is C27H23Cl3N4O. The van der Waals surface area contributed by atoms with E-state index in [1.165, 1.54) is 5.56 Å². The van der Waals surface area contributed by atoms with E-state index in [1.54, 1.807) is 16.8 Å². The van der Waals surface area contributed by atoms with Gasteiger partial charge in [0, 0.05) is 59.9 Å². The fraction of sp³-hybridized carbons (Fsp3) is 0.185. The number of fused-ring (bicyclic) bond motifs is 3. The summed E-state index contributed by atoms with van der Waals surface area (Å²) >= 11 is 18.3. The van der Waals surface area contributed by atoms with Gasteiger partial charge in [-0.1, -0.05) is 65.2 Å². The van der Waals surface area contributed by atoms with Gasteiger partial charge in [-0.25, -0.2) is 9.78 Å². The summed E-state index contributed by atoms with van der Waals surface area (Å²) in [5.74, 6) is 0. The van der Waals surface area contributed by atoms with Gasteiger partial charge < -0.3 is 5.32 Å². The molecule has 0 atom stereocenters. The molecule has 0 spiro atoms. The number of rotatable bonds is 5. The minimum absolute atomic E-state index is 0.178. The zero-order chi connectivity index (χ0) is 24.4. The Hall–Kier alpha value is -2.83. The largest absolute Gasteiger partial charge is 0.333 e. The number of carbonyl (C=O) groups is 1. The van der Waals surface area contributed by atoms with Gasteiger partial charge in [0.2, 0.25) is 0 Å². The highest BCUT2D eigenvalue weighted by molar-refractivity contribution is 6.31. The summed E-state index contributed by atoms with van der Waals surface area (Å²) in [4.78, 5) is 19.7. The van der Waals surface area contributed by atoms with Gasteiger partial charge in [-0.3, -0.25) is 9.47 Å². The summed E-state index contributed by atoms with van der Waals surface area (Å²) in [5, 5.41) is 5.81. The number of nitrogens with zero attached hydrogens (tertiary/aromatic N) is 3. The molecule has 8 heteroatoms. The Morgan fingerprint density at radius 2 is 1.83 bits per heavy atom. The molecule has 0 bridgehead atoms. The van der Waals surface area contributed by atoms with Crippen molar-refractivity contribution in [2.24, 2.45) is 0 Å². The zero-order valence-corrected chi connectivity index (χ0v) is 21.1. The summed E-state index contributed by atoms with van der Waals surface area (Å²) in [6, 6.07) is 16.9. The van der Waals surface area contributed by atoms with Crippen molar-refractivity contribution in [2.75, 3.05) is 13.1 Å². The SMILES string of the molecule is O=C(NCc1ccnc(Cl)c1)n1c2c(c3ccc(Cl)cc31)CN(C/C=C/c1ccc(Cl)cc1)CC2. The lowest BCUT2D eigenvalue weighted by Crippen LogP contribution is -2.34. The molecule has 0 saturated carbocycles. The van der Waals surface area contributed by atoms with E-state index in [1.807, 2.05) is 48.5 Å². The Balaban J connectivity index is 1.37. The van der Waals surface area contributed by atoms with E-state index in [0.29, 0.717) is 16.7 Å². The molecule has 0 aliphatic carbocycles. The number of amides is 1. The van der Waals surface area contributed by atoms with Crippen LogP contribution in [-0.4, -0.2) is 33.6 Å². The van der Waals surface area contributed by atoms with E-state index in [0.717, 1.165) is 58.8 Å². The van der Waals surface area contributed by atoms with Gasteiger partial charge in [0.1, 0.15) is 5.15 Å². The maximum absolute atomic E-state index is 13.3. The number of halogens is 3. The van der Waals surface area contributed by atoms with Crippen molar-refractivity contribution in [3.8, 4) is 0 Å². The molecule has 3 heterocycles. The Morgan fingerprint density at radius 1 is 1.03 bits per heavy atom. The third-order valence-corrected chi connectivity index (χ3v) is 6.87. The van der Waals surface area contributed by atoms with Crippen molar-refractivity contribution in [3.63, 3.8) is 0 Å². The van der Waals surface area contributed by atoms with Crippen LogP contribution in [0.15, 0.2) is 66.9 Å². The maximum atomic E-state index is 13.3. The zero-order valence-electron chi connectivity index (χ0n) is 18.8. The minimum atomic E-state index is -0.178. The third kappa shape index (κ3) is 5.39. The van der Waals surface area contributed by atoms with Crippen LogP contribution in [0.2, 0.25) is 15.2 Å². The average molecular weight is 526 g/mol. The maximum Gasteiger partial charge on any atom is 0.326 e. The Morgan fingerprint density at radius 3 is 2.63 bits per heavy atom. The van der Waals surface area contributed by atoms with Crippen LogP contribution in [-0.2, 0) is 19.5 Å². The first kappa shape index (κ1) is 23.9. The van der Waals surface area contributed by atoms with E-state index >= 15 is 0 Å². The van der Waals surface area contributed by atoms with Crippen molar-refractivity contribution in [2.45, 2.75) is 19.5 Å². The highest BCUT2D eigenvalue weighted by atomic mass is 35.5. The first-order valence-electron chi connectivity index (χ1n) is 11.3. The number of nitrogens with one attached hydrogen (secondary N) is 1. The van der Waals surface area contributed by atoms with Gasteiger partial charge in [-0.05, 0) is 53.1 Å².